The summed E-state index contributed by atoms with van der Waals surface area (Å²) in [5.74, 6) is 1.99. The molecule has 0 saturated heterocycles. The molecule has 84 valence electrons. The molecule has 0 bridgehead atoms. The van der Waals surface area contributed by atoms with Crippen molar-refractivity contribution in [3.8, 4) is 0 Å². The van der Waals surface area contributed by atoms with Crippen molar-refractivity contribution in [3.63, 3.8) is 0 Å². The molecule has 0 spiro atoms. The van der Waals surface area contributed by atoms with Gasteiger partial charge >= 0.3 is 0 Å². The molecule has 1 aliphatic rings. The average molecular weight is 207 g/mol. The fraction of sp³-hybridized carbons (Fsp3) is 0.750. The summed E-state index contributed by atoms with van der Waals surface area (Å²) < 4.78 is 2.07. The number of nitrogens with one attached hydrogen (secondary N) is 1. The molecule has 0 aliphatic heterocycles. The highest BCUT2D eigenvalue weighted by Gasteiger charge is 2.25. The van der Waals surface area contributed by atoms with Crippen LogP contribution in [-0.2, 0) is 7.05 Å². The number of nitrogens with zero attached hydrogens (tertiary/aromatic N) is 2. The summed E-state index contributed by atoms with van der Waals surface area (Å²) in [7, 11) is 2.05. The van der Waals surface area contributed by atoms with Crippen LogP contribution in [0.1, 0.15) is 38.3 Å². The van der Waals surface area contributed by atoms with Crippen LogP contribution in [0.3, 0.4) is 0 Å². The second-order valence-electron chi connectivity index (χ2n) is 4.75. The molecule has 1 N–H and O–H groups in total. The number of hydrogen-bond acceptors (Lipinski definition) is 2. The number of aryl methyl sites for hydroxylation is 2. The van der Waals surface area contributed by atoms with Gasteiger partial charge in [0.1, 0.15) is 0 Å². The number of rotatable bonds is 5. The van der Waals surface area contributed by atoms with Gasteiger partial charge in [-0.2, -0.15) is 0 Å². The first-order valence-corrected chi connectivity index (χ1v) is 5.95. The lowest BCUT2D eigenvalue weighted by atomic mass is 10.1. The minimum absolute atomic E-state index is 0.595. The summed E-state index contributed by atoms with van der Waals surface area (Å²) in [4.78, 5) is 4.48. The van der Waals surface area contributed by atoms with Crippen LogP contribution in [-0.4, -0.2) is 15.6 Å². The van der Waals surface area contributed by atoms with Crippen molar-refractivity contribution >= 4 is 5.95 Å². The predicted molar refractivity (Wildman–Crippen MR) is 63.0 cm³/mol. The summed E-state index contributed by atoms with van der Waals surface area (Å²) in [6, 6.07) is 0.595. The van der Waals surface area contributed by atoms with Gasteiger partial charge in [-0.05, 0) is 25.7 Å². The number of imidazole rings is 1. The van der Waals surface area contributed by atoms with Crippen LogP contribution in [0.4, 0.5) is 5.95 Å². The standard InChI is InChI=1S/C12H21N3/c1-4-11(7-10-5-6-10)14-12-13-9(2)8-15(12)3/h8,10-11H,4-7H2,1-3H3,(H,13,14). The molecule has 0 aromatic carbocycles. The average Bonchev–Trinajstić information content (AvgIpc) is 2.93. The van der Waals surface area contributed by atoms with Crippen LogP contribution in [0, 0.1) is 12.8 Å². The topological polar surface area (TPSA) is 29.9 Å². The van der Waals surface area contributed by atoms with Crippen molar-refractivity contribution in [2.45, 2.75) is 45.6 Å². The van der Waals surface area contributed by atoms with E-state index in [0.717, 1.165) is 17.6 Å². The first-order valence-electron chi connectivity index (χ1n) is 5.95. The van der Waals surface area contributed by atoms with E-state index in [2.05, 4.69) is 28.0 Å². The molecule has 0 amide bonds. The number of hydrogen-bond donors (Lipinski definition) is 1. The molecule has 3 heteroatoms. The minimum Gasteiger partial charge on any atom is -0.353 e. The van der Waals surface area contributed by atoms with Crippen LogP contribution in [0.25, 0.3) is 0 Å². The van der Waals surface area contributed by atoms with Gasteiger partial charge in [0.2, 0.25) is 5.95 Å². The molecule has 1 aromatic rings. The van der Waals surface area contributed by atoms with Crippen molar-refractivity contribution in [3.05, 3.63) is 11.9 Å². The van der Waals surface area contributed by atoms with Crippen molar-refractivity contribution < 1.29 is 0 Å². The molecular formula is C12H21N3. The molecular weight excluding hydrogens is 186 g/mol. The molecule has 1 saturated carbocycles. The monoisotopic (exact) mass is 207 g/mol. The van der Waals surface area contributed by atoms with E-state index in [-0.39, 0.29) is 0 Å². The Balaban J connectivity index is 1.95. The third-order valence-corrected chi connectivity index (χ3v) is 3.14. The molecule has 1 unspecified atom stereocenters. The van der Waals surface area contributed by atoms with Gasteiger partial charge in [0.05, 0.1) is 5.69 Å². The van der Waals surface area contributed by atoms with Gasteiger partial charge in [0.15, 0.2) is 0 Å². The Kier molecular flexibility index (Phi) is 2.98. The Morgan fingerprint density at radius 2 is 2.33 bits per heavy atom. The smallest absolute Gasteiger partial charge is 0.202 e. The summed E-state index contributed by atoms with van der Waals surface area (Å²) in [6.07, 6.45) is 7.41. The Bertz CT molecular complexity index is 326. The normalized spacial score (nSPS) is 17.8. The van der Waals surface area contributed by atoms with E-state index in [9.17, 15) is 0 Å². The lowest BCUT2D eigenvalue weighted by Crippen LogP contribution is -2.21. The fourth-order valence-electron chi connectivity index (χ4n) is 2.02. The number of anilines is 1. The Morgan fingerprint density at radius 3 is 2.80 bits per heavy atom. The number of aromatic nitrogens is 2. The SMILES string of the molecule is CCC(CC1CC1)Nc1nc(C)cn1C. The third-order valence-electron chi connectivity index (χ3n) is 3.14. The highest BCUT2D eigenvalue weighted by atomic mass is 15.2. The lowest BCUT2D eigenvalue weighted by molar-refractivity contribution is 0.580. The van der Waals surface area contributed by atoms with Crippen LogP contribution in [0.2, 0.25) is 0 Å². The van der Waals surface area contributed by atoms with E-state index in [1.165, 1.54) is 25.7 Å². The zero-order valence-electron chi connectivity index (χ0n) is 9.95. The van der Waals surface area contributed by atoms with Crippen molar-refractivity contribution in [2.75, 3.05) is 5.32 Å². The molecule has 2 rings (SSSR count). The highest BCUT2D eigenvalue weighted by Crippen LogP contribution is 2.34. The van der Waals surface area contributed by atoms with Gasteiger partial charge in [0.25, 0.3) is 0 Å². The zero-order valence-corrected chi connectivity index (χ0v) is 9.95. The molecule has 1 aliphatic carbocycles. The van der Waals surface area contributed by atoms with Crippen LogP contribution in [0.15, 0.2) is 6.20 Å². The Hall–Kier alpha value is -0.990. The summed E-state index contributed by atoms with van der Waals surface area (Å²) in [5.41, 5.74) is 1.08. The van der Waals surface area contributed by atoms with Crippen LogP contribution < -0.4 is 5.32 Å². The van der Waals surface area contributed by atoms with E-state index in [0.29, 0.717) is 6.04 Å². The lowest BCUT2D eigenvalue weighted by Gasteiger charge is -2.17. The third kappa shape index (κ3) is 2.74. The molecule has 15 heavy (non-hydrogen) atoms. The molecule has 1 heterocycles. The molecule has 1 fully saturated rings. The quantitative estimate of drug-likeness (QED) is 0.804. The van der Waals surface area contributed by atoms with Gasteiger partial charge in [0, 0.05) is 19.3 Å². The maximum atomic E-state index is 4.48. The minimum atomic E-state index is 0.595. The van der Waals surface area contributed by atoms with Gasteiger partial charge in [-0.25, -0.2) is 4.98 Å². The second-order valence-corrected chi connectivity index (χ2v) is 4.75. The van der Waals surface area contributed by atoms with Gasteiger partial charge < -0.3 is 9.88 Å². The van der Waals surface area contributed by atoms with Crippen LogP contribution >= 0.6 is 0 Å². The van der Waals surface area contributed by atoms with E-state index in [1.54, 1.807) is 0 Å². The maximum absolute atomic E-state index is 4.48. The van der Waals surface area contributed by atoms with Gasteiger partial charge in [-0.15, -0.1) is 0 Å². The van der Waals surface area contributed by atoms with Crippen LogP contribution in [0.5, 0.6) is 0 Å². The van der Waals surface area contributed by atoms with E-state index in [4.69, 9.17) is 0 Å². The first kappa shape index (κ1) is 10.5. The fourth-order valence-corrected chi connectivity index (χ4v) is 2.02. The Labute approximate surface area is 91.9 Å². The van der Waals surface area contributed by atoms with Crippen molar-refractivity contribution in [1.82, 2.24) is 9.55 Å². The molecule has 1 atom stereocenters. The first-order chi connectivity index (χ1) is 7.19. The van der Waals surface area contributed by atoms with E-state index in [1.807, 2.05) is 14.0 Å². The van der Waals surface area contributed by atoms with Crippen molar-refractivity contribution in [2.24, 2.45) is 13.0 Å². The maximum Gasteiger partial charge on any atom is 0.202 e. The molecule has 1 aromatic heterocycles. The van der Waals surface area contributed by atoms with Gasteiger partial charge in [-0.3, -0.25) is 0 Å². The summed E-state index contributed by atoms with van der Waals surface area (Å²) in [5, 5.41) is 3.54. The highest BCUT2D eigenvalue weighted by molar-refractivity contribution is 5.29. The predicted octanol–water partition coefficient (Wildman–Crippen LogP) is 2.72. The summed E-state index contributed by atoms with van der Waals surface area (Å²) >= 11 is 0. The van der Waals surface area contributed by atoms with E-state index >= 15 is 0 Å². The zero-order chi connectivity index (χ0) is 10.8. The molecule has 3 nitrogen and oxygen atoms in total. The van der Waals surface area contributed by atoms with E-state index < -0.39 is 0 Å². The van der Waals surface area contributed by atoms with Gasteiger partial charge in [-0.1, -0.05) is 19.8 Å². The second kappa shape index (κ2) is 4.25. The largest absolute Gasteiger partial charge is 0.353 e. The summed E-state index contributed by atoms with van der Waals surface area (Å²) in [6.45, 7) is 4.28. The van der Waals surface area contributed by atoms with Crippen molar-refractivity contribution in [1.29, 1.82) is 0 Å². The molecule has 0 radical (unpaired) electrons. The Morgan fingerprint density at radius 1 is 1.60 bits per heavy atom.